The number of aryl methyl sites for hydroxylation is 2. The summed E-state index contributed by atoms with van der Waals surface area (Å²) in [6.07, 6.45) is 1.60. The molecule has 2 aromatic rings. The highest BCUT2D eigenvalue weighted by molar-refractivity contribution is 5.84. The quantitative estimate of drug-likeness (QED) is 0.798. The van der Waals surface area contributed by atoms with E-state index >= 15 is 0 Å². The van der Waals surface area contributed by atoms with Gasteiger partial charge in [-0.25, -0.2) is 4.79 Å². The highest BCUT2D eigenvalue weighted by atomic mass is 16.5. The van der Waals surface area contributed by atoms with Crippen LogP contribution in [0.4, 0.5) is 11.6 Å². The van der Waals surface area contributed by atoms with Crippen LogP contribution in [0.25, 0.3) is 0 Å². The predicted molar refractivity (Wildman–Crippen MR) is 78.2 cm³/mol. The summed E-state index contributed by atoms with van der Waals surface area (Å²) in [7, 11) is 1.39. The molecule has 0 aliphatic heterocycles. The normalized spacial score (nSPS) is 12.0. The standard InChI is InChI=1S/C16H19NO3/c1-11-7-5-8-12(2)15(11)17(13(3)16(18)19-4)14-9-6-10-20-14/h5-10,13H,1-4H3. The molecule has 106 valence electrons. The molecule has 0 fully saturated rings. The number of carbonyl (C=O) groups excluding carboxylic acids is 1. The molecule has 20 heavy (non-hydrogen) atoms. The number of furan rings is 1. The molecule has 4 heteroatoms. The molecular formula is C16H19NO3. The number of nitrogens with zero attached hydrogens (tertiary/aromatic N) is 1. The third kappa shape index (κ3) is 2.54. The van der Waals surface area contributed by atoms with Gasteiger partial charge in [0.25, 0.3) is 0 Å². The van der Waals surface area contributed by atoms with Crippen molar-refractivity contribution in [3.05, 3.63) is 47.7 Å². The number of para-hydroxylation sites is 1. The van der Waals surface area contributed by atoms with Gasteiger partial charge in [0.1, 0.15) is 6.04 Å². The minimum Gasteiger partial charge on any atom is -0.467 e. The second-order valence-electron chi connectivity index (χ2n) is 4.76. The maximum absolute atomic E-state index is 11.9. The molecule has 0 aliphatic carbocycles. The third-order valence-corrected chi connectivity index (χ3v) is 3.35. The number of ether oxygens (including phenoxy) is 1. The fraction of sp³-hybridized carbons (Fsp3) is 0.312. The molecule has 0 spiro atoms. The van der Waals surface area contributed by atoms with Crippen molar-refractivity contribution in [3.63, 3.8) is 0 Å². The number of rotatable bonds is 4. The molecule has 2 rings (SSSR count). The summed E-state index contributed by atoms with van der Waals surface area (Å²) in [4.78, 5) is 13.8. The Kier molecular flexibility index (Phi) is 4.13. The molecule has 1 atom stereocenters. The Morgan fingerprint density at radius 1 is 1.20 bits per heavy atom. The maximum Gasteiger partial charge on any atom is 0.328 e. The van der Waals surface area contributed by atoms with E-state index in [4.69, 9.17) is 9.15 Å². The van der Waals surface area contributed by atoms with E-state index in [9.17, 15) is 4.79 Å². The SMILES string of the molecule is COC(=O)C(C)N(c1ccco1)c1c(C)cccc1C. The van der Waals surface area contributed by atoms with Crippen LogP contribution in [0.2, 0.25) is 0 Å². The molecule has 0 saturated carbocycles. The van der Waals surface area contributed by atoms with Crippen LogP contribution in [0.3, 0.4) is 0 Å². The fourth-order valence-electron chi connectivity index (χ4n) is 2.36. The number of hydrogen-bond acceptors (Lipinski definition) is 4. The van der Waals surface area contributed by atoms with Crippen molar-refractivity contribution in [2.75, 3.05) is 12.0 Å². The van der Waals surface area contributed by atoms with E-state index in [1.807, 2.05) is 43.0 Å². The van der Waals surface area contributed by atoms with Gasteiger partial charge in [0.15, 0.2) is 5.88 Å². The molecule has 0 radical (unpaired) electrons. The Balaban J connectivity index is 2.55. The van der Waals surface area contributed by atoms with Crippen molar-refractivity contribution >= 4 is 17.5 Å². The lowest BCUT2D eigenvalue weighted by atomic mass is 10.1. The number of hydrogen-bond donors (Lipinski definition) is 0. The van der Waals surface area contributed by atoms with Gasteiger partial charge in [-0.15, -0.1) is 0 Å². The Hall–Kier alpha value is -2.23. The summed E-state index contributed by atoms with van der Waals surface area (Å²) in [5.41, 5.74) is 3.13. The topological polar surface area (TPSA) is 42.7 Å². The summed E-state index contributed by atoms with van der Waals surface area (Å²) in [5, 5.41) is 0. The van der Waals surface area contributed by atoms with Crippen molar-refractivity contribution in [3.8, 4) is 0 Å². The third-order valence-electron chi connectivity index (χ3n) is 3.35. The van der Waals surface area contributed by atoms with Crippen molar-refractivity contribution in [2.24, 2.45) is 0 Å². The van der Waals surface area contributed by atoms with Gasteiger partial charge in [0, 0.05) is 6.07 Å². The van der Waals surface area contributed by atoms with E-state index in [2.05, 4.69) is 0 Å². The lowest BCUT2D eigenvalue weighted by Crippen LogP contribution is -2.37. The summed E-state index contributed by atoms with van der Waals surface area (Å²) in [6, 6.07) is 9.21. The fourth-order valence-corrected chi connectivity index (χ4v) is 2.36. The molecule has 0 amide bonds. The minimum absolute atomic E-state index is 0.302. The Bertz CT molecular complexity index is 570. The van der Waals surface area contributed by atoms with Gasteiger partial charge in [-0.05, 0) is 38.0 Å². The second-order valence-corrected chi connectivity index (χ2v) is 4.76. The smallest absolute Gasteiger partial charge is 0.328 e. The first-order valence-corrected chi connectivity index (χ1v) is 6.53. The molecule has 1 aromatic heterocycles. The van der Waals surface area contributed by atoms with Crippen molar-refractivity contribution in [1.82, 2.24) is 0 Å². The van der Waals surface area contributed by atoms with Gasteiger partial charge in [-0.1, -0.05) is 18.2 Å². The van der Waals surface area contributed by atoms with Crippen LogP contribution < -0.4 is 4.90 Å². The molecule has 4 nitrogen and oxygen atoms in total. The lowest BCUT2D eigenvalue weighted by Gasteiger charge is -2.29. The van der Waals surface area contributed by atoms with Crippen molar-refractivity contribution in [2.45, 2.75) is 26.8 Å². The van der Waals surface area contributed by atoms with Crippen LogP contribution in [-0.2, 0) is 9.53 Å². The Morgan fingerprint density at radius 2 is 1.85 bits per heavy atom. The molecule has 0 bridgehead atoms. The average molecular weight is 273 g/mol. The highest BCUT2D eigenvalue weighted by Crippen LogP contribution is 2.33. The largest absolute Gasteiger partial charge is 0.467 e. The zero-order chi connectivity index (χ0) is 14.7. The maximum atomic E-state index is 11.9. The number of carbonyl (C=O) groups is 1. The van der Waals surface area contributed by atoms with Gasteiger partial charge in [0.2, 0.25) is 0 Å². The monoisotopic (exact) mass is 273 g/mol. The lowest BCUT2D eigenvalue weighted by molar-refractivity contribution is -0.141. The summed E-state index contributed by atoms with van der Waals surface area (Å²) >= 11 is 0. The van der Waals surface area contributed by atoms with E-state index in [-0.39, 0.29) is 5.97 Å². The molecular weight excluding hydrogens is 254 g/mol. The predicted octanol–water partition coefficient (Wildman–Crippen LogP) is 3.60. The first-order valence-electron chi connectivity index (χ1n) is 6.53. The molecule has 1 aromatic carbocycles. The molecule has 0 aliphatic rings. The first-order chi connectivity index (χ1) is 9.56. The number of methoxy groups -OCH3 is 1. The van der Waals surface area contributed by atoms with Gasteiger partial charge in [0.05, 0.1) is 19.1 Å². The number of anilines is 2. The Labute approximate surface area is 119 Å². The first kappa shape index (κ1) is 14.2. The summed E-state index contributed by atoms with van der Waals surface area (Å²) in [5.74, 6) is 0.323. The van der Waals surface area contributed by atoms with E-state index in [1.54, 1.807) is 19.3 Å². The number of benzene rings is 1. The number of esters is 1. The zero-order valence-corrected chi connectivity index (χ0v) is 12.2. The summed E-state index contributed by atoms with van der Waals surface area (Å²) < 4.78 is 10.4. The van der Waals surface area contributed by atoms with Gasteiger partial charge < -0.3 is 9.15 Å². The van der Waals surface area contributed by atoms with E-state index in [0.29, 0.717) is 5.88 Å². The van der Waals surface area contributed by atoms with Crippen LogP contribution >= 0.6 is 0 Å². The average Bonchev–Trinajstić information content (AvgIpc) is 2.95. The minimum atomic E-state index is -0.467. The van der Waals surface area contributed by atoms with Gasteiger partial charge in [-0.3, -0.25) is 4.90 Å². The van der Waals surface area contributed by atoms with Crippen LogP contribution in [0.15, 0.2) is 41.0 Å². The van der Waals surface area contributed by atoms with Crippen LogP contribution in [0.1, 0.15) is 18.1 Å². The molecule has 0 N–H and O–H groups in total. The summed E-state index contributed by atoms with van der Waals surface area (Å²) in [6.45, 7) is 5.84. The van der Waals surface area contributed by atoms with E-state index < -0.39 is 6.04 Å². The van der Waals surface area contributed by atoms with E-state index in [0.717, 1.165) is 16.8 Å². The van der Waals surface area contributed by atoms with Crippen molar-refractivity contribution in [1.29, 1.82) is 0 Å². The van der Waals surface area contributed by atoms with Crippen molar-refractivity contribution < 1.29 is 13.9 Å². The Morgan fingerprint density at radius 3 is 2.35 bits per heavy atom. The highest BCUT2D eigenvalue weighted by Gasteiger charge is 2.27. The zero-order valence-electron chi connectivity index (χ0n) is 12.2. The molecule has 1 heterocycles. The van der Waals surface area contributed by atoms with Gasteiger partial charge in [-0.2, -0.15) is 0 Å². The van der Waals surface area contributed by atoms with Crippen LogP contribution in [0.5, 0.6) is 0 Å². The molecule has 1 unspecified atom stereocenters. The second kappa shape index (κ2) is 5.82. The van der Waals surface area contributed by atoms with Crippen LogP contribution in [-0.4, -0.2) is 19.1 Å². The molecule has 0 saturated heterocycles. The van der Waals surface area contributed by atoms with Gasteiger partial charge >= 0.3 is 5.97 Å². The van der Waals surface area contributed by atoms with E-state index in [1.165, 1.54) is 7.11 Å². The van der Waals surface area contributed by atoms with Crippen LogP contribution in [0, 0.1) is 13.8 Å².